The first-order valence-electron chi connectivity index (χ1n) is 8.32. The van der Waals surface area contributed by atoms with Crippen LogP contribution in [-0.4, -0.2) is 39.9 Å². The molecule has 2 atom stereocenters. The van der Waals surface area contributed by atoms with Gasteiger partial charge in [-0.2, -0.15) is 0 Å². The average Bonchev–Trinajstić information content (AvgIpc) is 2.61. The van der Waals surface area contributed by atoms with Gasteiger partial charge in [-0.15, -0.1) is 0 Å². The second-order valence-electron chi connectivity index (χ2n) is 6.26. The minimum atomic E-state index is -0.298. The van der Waals surface area contributed by atoms with Crippen LogP contribution in [0.15, 0.2) is 48.8 Å². The average molecular weight is 326 g/mol. The van der Waals surface area contributed by atoms with Gasteiger partial charge in [0.25, 0.3) is 0 Å². The molecule has 0 bridgehead atoms. The molecule has 0 saturated carbocycles. The lowest BCUT2D eigenvalue weighted by atomic mass is 10.0. The van der Waals surface area contributed by atoms with Gasteiger partial charge in [-0.1, -0.05) is 12.1 Å². The molecule has 0 aliphatic heterocycles. The van der Waals surface area contributed by atoms with Crippen LogP contribution in [0.5, 0.6) is 0 Å². The molecule has 1 amide bonds. The molecule has 2 aromatic heterocycles. The molecule has 0 saturated heterocycles. The van der Waals surface area contributed by atoms with Gasteiger partial charge in [0.05, 0.1) is 17.8 Å². The Morgan fingerprint density at radius 3 is 2.29 bits per heavy atom. The lowest BCUT2D eigenvalue weighted by Gasteiger charge is -2.28. The van der Waals surface area contributed by atoms with Crippen LogP contribution in [0.4, 0.5) is 0 Å². The van der Waals surface area contributed by atoms with E-state index in [1.165, 1.54) is 0 Å². The highest BCUT2D eigenvalue weighted by Gasteiger charge is 2.24. The van der Waals surface area contributed by atoms with Crippen molar-refractivity contribution in [2.75, 3.05) is 7.05 Å². The summed E-state index contributed by atoms with van der Waals surface area (Å²) in [6.07, 6.45) is 4.24. The van der Waals surface area contributed by atoms with Crippen LogP contribution in [-0.2, 0) is 11.2 Å². The molecule has 128 valence electrons. The standard InChI is InChI=1S/C19H26N4O/c1-14(2)23(4)19(24)15(3)22-18(17-10-6-8-12-21-17)13-16-9-5-7-11-20-16/h5-12,14-15,18,22H,13H2,1-4H3. The van der Waals surface area contributed by atoms with Crippen LogP contribution in [0.2, 0.25) is 0 Å². The SMILES string of the molecule is CC(NC(Cc1ccccn1)c1ccccn1)C(=O)N(C)C(C)C. The van der Waals surface area contributed by atoms with Gasteiger partial charge >= 0.3 is 0 Å². The molecule has 5 heteroatoms. The van der Waals surface area contributed by atoms with E-state index in [0.717, 1.165) is 11.4 Å². The van der Waals surface area contributed by atoms with Crippen molar-refractivity contribution in [2.24, 2.45) is 0 Å². The Morgan fingerprint density at radius 1 is 1.08 bits per heavy atom. The number of hydrogen-bond donors (Lipinski definition) is 1. The highest BCUT2D eigenvalue weighted by atomic mass is 16.2. The maximum atomic E-state index is 12.5. The van der Waals surface area contributed by atoms with Gasteiger partial charge in [0.2, 0.25) is 5.91 Å². The maximum Gasteiger partial charge on any atom is 0.239 e. The van der Waals surface area contributed by atoms with Crippen LogP contribution in [0, 0.1) is 0 Å². The summed E-state index contributed by atoms with van der Waals surface area (Å²) in [5.41, 5.74) is 1.88. The first kappa shape index (κ1) is 18.1. The monoisotopic (exact) mass is 326 g/mol. The van der Waals surface area contributed by atoms with Crippen LogP contribution >= 0.6 is 0 Å². The Kier molecular flexibility index (Phi) is 6.44. The normalized spacial score (nSPS) is 13.5. The van der Waals surface area contributed by atoms with Crippen molar-refractivity contribution in [1.29, 1.82) is 0 Å². The van der Waals surface area contributed by atoms with Crippen molar-refractivity contribution in [1.82, 2.24) is 20.2 Å². The van der Waals surface area contributed by atoms with E-state index >= 15 is 0 Å². The number of carbonyl (C=O) groups is 1. The van der Waals surface area contributed by atoms with Crippen molar-refractivity contribution in [2.45, 2.75) is 45.3 Å². The number of rotatable bonds is 7. The molecule has 2 unspecified atom stereocenters. The molecule has 0 aliphatic carbocycles. The van der Waals surface area contributed by atoms with Crippen LogP contribution < -0.4 is 5.32 Å². The molecule has 2 heterocycles. The molecular weight excluding hydrogens is 300 g/mol. The topological polar surface area (TPSA) is 58.1 Å². The van der Waals surface area contributed by atoms with Gasteiger partial charge in [0.1, 0.15) is 0 Å². The molecule has 5 nitrogen and oxygen atoms in total. The van der Waals surface area contributed by atoms with Gasteiger partial charge in [-0.05, 0) is 45.0 Å². The predicted octanol–water partition coefficient (Wildman–Crippen LogP) is 2.61. The summed E-state index contributed by atoms with van der Waals surface area (Å²) in [5.74, 6) is 0.0759. The molecule has 0 aliphatic rings. The predicted molar refractivity (Wildman–Crippen MR) is 95.4 cm³/mol. The summed E-state index contributed by atoms with van der Waals surface area (Å²) in [7, 11) is 1.83. The Balaban J connectivity index is 2.16. The Labute approximate surface area is 144 Å². The fourth-order valence-corrected chi connectivity index (χ4v) is 2.49. The molecule has 0 fully saturated rings. The van der Waals surface area contributed by atoms with Crippen molar-refractivity contribution in [3.63, 3.8) is 0 Å². The summed E-state index contributed by atoms with van der Waals surface area (Å²) in [4.78, 5) is 23.1. The minimum Gasteiger partial charge on any atom is -0.342 e. The Bertz CT molecular complexity index is 630. The number of carbonyl (C=O) groups excluding carboxylic acids is 1. The van der Waals surface area contributed by atoms with E-state index in [-0.39, 0.29) is 24.0 Å². The van der Waals surface area contributed by atoms with Crippen molar-refractivity contribution < 1.29 is 4.79 Å². The zero-order valence-electron chi connectivity index (χ0n) is 14.8. The highest BCUT2D eigenvalue weighted by Crippen LogP contribution is 2.16. The van der Waals surface area contributed by atoms with Gasteiger partial charge in [0.15, 0.2) is 0 Å². The lowest BCUT2D eigenvalue weighted by molar-refractivity contribution is -0.133. The molecule has 1 N–H and O–H groups in total. The first-order chi connectivity index (χ1) is 11.5. The molecule has 0 aromatic carbocycles. The Hall–Kier alpha value is -2.27. The lowest BCUT2D eigenvalue weighted by Crippen LogP contribution is -2.47. The van der Waals surface area contributed by atoms with Gasteiger partial charge < -0.3 is 4.90 Å². The number of aromatic nitrogens is 2. The van der Waals surface area contributed by atoms with E-state index in [4.69, 9.17) is 0 Å². The van der Waals surface area contributed by atoms with E-state index in [2.05, 4.69) is 15.3 Å². The molecule has 2 aromatic rings. The number of hydrogen-bond acceptors (Lipinski definition) is 4. The van der Waals surface area contributed by atoms with Gasteiger partial charge in [-0.25, -0.2) is 0 Å². The van der Waals surface area contributed by atoms with E-state index < -0.39 is 0 Å². The third-order valence-corrected chi connectivity index (χ3v) is 4.13. The zero-order chi connectivity index (χ0) is 17.5. The highest BCUT2D eigenvalue weighted by molar-refractivity contribution is 5.81. The minimum absolute atomic E-state index is 0.0689. The fraction of sp³-hybridized carbons (Fsp3) is 0.421. The molecule has 0 radical (unpaired) electrons. The quantitative estimate of drug-likeness (QED) is 0.850. The van der Waals surface area contributed by atoms with Gasteiger partial charge in [-0.3, -0.25) is 20.1 Å². The van der Waals surface area contributed by atoms with E-state index in [1.54, 1.807) is 17.3 Å². The van der Waals surface area contributed by atoms with E-state index in [1.807, 2.05) is 64.2 Å². The van der Waals surface area contributed by atoms with E-state index in [9.17, 15) is 4.79 Å². The number of likely N-dealkylation sites (N-methyl/N-ethyl adjacent to an activating group) is 1. The maximum absolute atomic E-state index is 12.5. The van der Waals surface area contributed by atoms with Crippen molar-refractivity contribution >= 4 is 5.91 Å². The number of nitrogens with one attached hydrogen (secondary N) is 1. The summed E-state index contributed by atoms with van der Waals surface area (Å²) in [6.45, 7) is 5.92. The third kappa shape index (κ3) is 4.86. The summed E-state index contributed by atoms with van der Waals surface area (Å²) >= 11 is 0. The van der Waals surface area contributed by atoms with Crippen LogP contribution in [0.1, 0.15) is 38.2 Å². The van der Waals surface area contributed by atoms with Crippen molar-refractivity contribution in [3.05, 3.63) is 60.2 Å². The number of amides is 1. The van der Waals surface area contributed by atoms with Crippen LogP contribution in [0.3, 0.4) is 0 Å². The smallest absolute Gasteiger partial charge is 0.239 e. The third-order valence-electron chi connectivity index (χ3n) is 4.13. The molecule has 0 spiro atoms. The number of pyridine rings is 2. The van der Waals surface area contributed by atoms with Gasteiger partial charge in [0, 0.05) is 37.6 Å². The van der Waals surface area contributed by atoms with E-state index in [0.29, 0.717) is 6.42 Å². The largest absolute Gasteiger partial charge is 0.342 e. The summed E-state index contributed by atoms with van der Waals surface area (Å²) in [5, 5.41) is 3.42. The molecular formula is C19H26N4O. The fourth-order valence-electron chi connectivity index (χ4n) is 2.49. The summed E-state index contributed by atoms with van der Waals surface area (Å²) in [6, 6.07) is 11.5. The zero-order valence-corrected chi connectivity index (χ0v) is 14.8. The molecule has 2 rings (SSSR count). The second-order valence-corrected chi connectivity index (χ2v) is 6.26. The summed E-state index contributed by atoms with van der Waals surface area (Å²) < 4.78 is 0. The number of nitrogens with zero attached hydrogens (tertiary/aromatic N) is 3. The first-order valence-corrected chi connectivity index (χ1v) is 8.32. The van der Waals surface area contributed by atoms with Crippen molar-refractivity contribution in [3.8, 4) is 0 Å². The second kappa shape index (κ2) is 8.55. The molecule has 24 heavy (non-hydrogen) atoms. The van der Waals surface area contributed by atoms with Crippen LogP contribution in [0.25, 0.3) is 0 Å². The Morgan fingerprint density at radius 2 is 1.75 bits per heavy atom.